The summed E-state index contributed by atoms with van der Waals surface area (Å²) in [6.45, 7) is 0.861. The quantitative estimate of drug-likeness (QED) is 0.775. The Morgan fingerprint density at radius 2 is 1.88 bits per heavy atom. The fourth-order valence-corrected chi connectivity index (χ4v) is 1.96. The maximum Gasteiger partial charge on any atom is 0.251 e. The molecule has 0 fully saturated rings. The molecule has 17 heavy (non-hydrogen) atoms. The third kappa shape index (κ3) is 3.17. The van der Waals surface area contributed by atoms with E-state index in [-0.39, 0.29) is 5.91 Å². The van der Waals surface area contributed by atoms with Crippen molar-refractivity contribution >= 4 is 5.91 Å². The summed E-state index contributed by atoms with van der Waals surface area (Å²) in [5, 5.41) is 6.11. The third-order valence-corrected chi connectivity index (χ3v) is 3.05. The molecule has 0 saturated heterocycles. The van der Waals surface area contributed by atoms with Crippen LogP contribution in [0, 0.1) is 0 Å². The molecule has 2 rings (SSSR count). The minimum atomic E-state index is -0.0375. The second-order valence-corrected chi connectivity index (χ2v) is 4.30. The van der Waals surface area contributed by atoms with Crippen LogP contribution in [-0.2, 0) is 6.54 Å². The summed E-state index contributed by atoms with van der Waals surface area (Å²) >= 11 is 0. The lowest BCUT2D eigenvalue weighted by atomic mass is 10.1. The molecular weight excluding hydrogens is 212 g/mol. The molecule has 0 heterocycles. The van der Waals surface area contributed by atoms with Crippen molar-refractivity contribution in [1.82, 2.24) is 10.6 Å². The highest BCUT2D eigenvalue weighted by molar-refractivity contribution is 5.93. The summed E-state index contributed by atoms with van der Waals surface area (Å²) in [6.07, 6.45) is 6.67. The average molecular weight is 230 g/mol. The van der Waals surface area contributed by atoms with E-state index in [4.69, 9.17) is 0 Å². The van der Waals surface area contributed by atoms with E-state index in [0.29, 0.717) is 11.6 Å². The molecule has 0 unspecified atom stereocenters. The molecule has 2 N–H and O–H groups in total. The SMILES string of the molecule is CNC(=O)c1ccc(CNC2CC=CC2)cc1. The molecule has 0 atom stereocenters. The van der Waals surface area contributed by atoms with Crippen molar-refractivity contribution < 1.29 is 4.79 Å². The zero-order valence-corrected chi connectivity index (χ0v) is 10.1. The predicted octanol–water partition coefficient (Wildman–Crippen LogP) is 1.85. The van der Waals surface area contributed by atoms with Crippen molar-refractivity contribution in [2.24, 2.45) is 0 Å². The largest absolute Gasteiger partial charge is 0.355 e. The first kappa shape index (κ1) is 11.9. The average Bonchev–Trinajstić information content (AvgIpc) is 2.89. The van der Waals surface area contributed by atoms with Gasteiger partial charge in [-0.1, -0.05) is 24.3 Å². The van der Waals surface area contributed by atoms with Gasteiger partial charge in [0.1, 0.15) is 0 Å². The first-order chi connectivity index (χ1) is 8.29. The number of rotatable bonds is 4. The second kappa shape index (κ2) is 5.64. The van der Waals surface area contributed by atoms with E-state index in [1.807, 2.05) is 24.3 Å². The van der Waals surface area contributed by atoms with Gasteiger partial charge in [-0.2, -0.15) is 0 Å². The number of hydrogen-bond donors (Lipinski definition) is 2. The van der Waals surface area contributed by atoms with Crippen LogP contribution in [-0.4, -0.2) is 19.0 Å². The Labute approximate surface area is 102 Å². The van der Waals surface area contributed by atoms with Crippen LogP contribution < -0.4 is 10.6 Å². The Morgan fingerprint density at radius 1 is 1.24 bits per heavy atom. The first-order valence-electron chi connectivity index (χ1n) is 5.99. The molecule has 1 aliphatic rings. The highest BCUT2D eigenvalue weighted by Gasteiger charge is 2.09. The summed E-state index contributed by atoms with van der Waals surface area (Å²) < 4.78 is 0. The van der Waals surface area contributed by atoms with Gasteiger partial charge in [0.25, 0.3) is 5.91 Å². The fraction of sp³-hybridized carbons (Fsp3) is 0.357. The standard InChI is InChI=1S/C14H18N2O/c1-15-14(17)12-8-6-11(7-9-12)10-16-13-4-2-3-5-13/h2-3,6-9,13,16H,4-5,10H2,1H3,(H,15,17). The van der Waals surface area contributed by atoms with Crippen molar-refractivity contribution in [2.75, 3.05) is 7.05 Å². The lowest BCUT2D eigenvalue weighted by Gasteiger charge is -2.11. The molecule has 0 spiro atoms. The zero-order valence-electron chi connectivity index (χ0n) is 10.1. The number of hydrogen-bond acceptors (Lipinski definition) is 2. The second-order valence-electron chi connectivity index (χ2n) is 4.30. The molecule has 3 heteroatoms. The Bertz CT molecular complexity index is 401. The van der Waals surface area contributed by atoms with Gasteiger partial charge in [-0.05, 0) is 30.5 Å². The minimum Gasteiger partial charge on any atom is -0.355 e. The van der Waals surface area contributed by atoms with Gasteiger partial charge < -0.3 is 10.6 Å². The lowest BCUT2D eigenvalue weighted by molar-refractivity contribution is 0.0963. The van der Waals surface area contributed by atoms with Gasteiger partial charge in [0, 0.05) is 25.2 Å². The minimum absolute atomic E-state index is 0.0375. The molecule has 3 nitrogen and oxygen atoms in total. The van der Waals surface area contributed by atoms with Crippen LogP contribution in [0.5, 0.6) is 0 Å². The summed E-state index contributed by atoms with van der Waals surface area (Å²) in [6, 6.07) is 8.30. The van der Waals surface area contributed by atoms with Gasteiger partial charge in [-0.15, -0.1) is 0 Å². The number of benzene rings is 1. The van der Waals surface area contributed by atoms with Crippen LogP contribution in [0.25, 0.3) is 0 Å². The Balaban J connectivity index is 1.87. The molecule has 0 aromatic heterocycles. The van der Waals surface area contributed by atoms with Crippen LogP contribution >= 0.6 is 0 Å². The number of carbonyl (C=O) groups excluding carboxylic acids is 1. The molecule has 1 amide bonds. The molecule has 0 saturated carbocycles. The number of amides is 1. The van der Waals surface area contributed by atoms with Gasteiger partial charge >= 0.3 is 0 Å². The zero-order chi connectivity index (χ0) is 12.1. The van der Waals surface area contributed by atoms with E-state index >= 15 is 0 Å². The molecule has 90 valence electrons. The number of carbonyl (C=O) groups is 1. The predicted molar refractivity (Wildman–Crippen MR) is 68.8 cm³/mol. The molecule has 1 aromatic carbocycles. The van der Waals surface area contributed by atoms with Crippen molar-refractivity contribution in [2.45, 2.75) is 25.4 Å². The molecular formula is C14H18N2O. The molecule has 1 aromatic rings. The van der Waals surface area contributed by atoms with Crippen molar-refractivity contribution in [3.05, 3.63) is 47.5 Å². The first-order valence-corrected chi connectivity index (χ1v) is 5.99. The summed E-state index contributed by atoms with van der Waals surface area (Å²) in [5.74, 6) is -0.0375. The lowest BCUT2D eigenvalue weighted by Crippen LogP contribution is -2.25. The molecule has 0 radical (unpaired) electrons. The summed E-state index contributed by atoms with van der Waals surface area (Å²) in [4.78, 5) is 11.4. The number of nitrogens with one attached hydrogen (secondary N) is 2. The Morgan fingerprint density at radius 3 is 2.47 bits per heavy atom. The van der Waals surface area contributed by atoms with E-state index in [2.05, 4.69) is 22.8 Å². The third-order valence-electron chi connectivity index (χ3n) is 3.05. The maximum atomic E-state index is 11.4. The van der Waals surface area contributed by atoms with E-state index in [1.54, 1.807) is 7.05 Å². The van der Waals surface area contributed by atoms with Gasteiger partial charge in [0.15, 0.2) is 0 Å². The normalized spacial score (nSPS) is 15.1. The van der Waals surface area contributed by atoms with Crippen molar-refractivity contribution in [3.63, 3.8) is 0 Å². The highest BCUT2D eigenvalue weighted by Crippen LogP contribution is 2.11. The van der Waals surface area contributed by atoms with Crippen LogP contribution in [0.3, 0.4) is 0 Å². The smallest absolute Gasteiger partial charge is 0.251 e. The van der Waals surface area contributed by atoms with Gasteiger partial charge in [-0.25, -0.2) is 0 Å². The highest BCUT2D eigenvalue weighted by atomic mass is 16.1. The van der Waals surface area contributed by atoms with E-state index in [1.165, 1.54) is 5.56 Å². The van der Waals surface area contributed by atoms with Crippen LogP contribution in [0.1, 0.15) is 28.8 Å². The maximum absolute atomic E-state index is 11.4. The Kier molecular flexibility index (Phi) is 3.94. The van der Waals surface area contributed by atoms with Crippen molar-refractivity contribution in [3.8, 4) is 0 Å². The molecule has 0 bridgehead atoms. The van der Waals surface area contributed by atoms with Crippen LogP contribution in [0.4, 0.5) is 0 Å². The van der Waals surface area contributed by atoms with E-state index < -0.39 is 0 Å². The van der Waals surface area contributed by atoms with E-state index in [0.717, 1.165) is 19.4 Å². The Hall–Kier alpha value is -1.61. The van der Waals surface area contributed by atoms with Crippen molar-refractivity contribution in [1.29, 1.82) is 0 Å². The summed E-state index contributed by atoms with van der Waals surface area (Å²) in [7, 11) is 1.64. The van der Waals surface area contributed by atoms with Gasteiger partial charge in [0.2, 0.25) is 0 Å². The fourth-order valence-electron chi connectivity index (χ4n) is 1.96. The van der Waals surface area contributed by atoms with Crippen LogP contribution in [0.15, 0.2) is 36.4 Å². The van der Waals surface area contributed by atoms with Gasteiger partial charge in [-0.3, -0.25) is 4.79 Å². The monoisotopic (exact) mass is 230 g/mol. The van der Waals surface area contributed by atoms with Crippen LogP contribution in [0.2, 0.25) is 0 Å². The molecule has 1 aliphatic carbocycles. The molecule has 0 aliphatic heterocycles. The topological polar surface area (TPSA) is 41.1 Å². The summed E-state index contributed by atoms with van der Waals surface area (Å²) in [5.41, 5.74) is 1.92. The van der Waals surface area contributed by atoms with Gasteiger partial charge in [0.05, 0.1) is 0 Å². The van der Waals surface area contributed by atoms with E-state index in [9.17, 15) is 4.79 Å².